The molecule has 0 saturated carbocycles. The summed E-state index contributed by atoms with van der Waals surface area (Å²) in [6.07, 6.45) is 3.26. The molecule has 0 bridgehead atoms. The molecule has 0 spiro atoms. The Morgan fingerprint density at radius 1 is 1.04 bits per heavy atom. The van der Waals surface area contributed by atoms with Crippen LogP contribution in [0.1, 0.15) is 24.2 Å². The molecule has 138 valence electrons. The van der Waals surface area contributed by atoms with Gasteiger partial charge in [0.05, 0.1) is 11.0 Å². The molecule has 0 aliphatic rings. The quantitative estimate of drug-likeness (QED) is 0.678. The normalized spacial score (nSPS) is 10.4. The smallest absolute Gasteiger partial charge is 0.264 e. The van der Waals surface area contributed by atoms with Crippen LogP contribution in [0, 0.1) is 0 Å². The fraction of sp³-hybridized carbons (Fsp3) is 0.200. The topological polar surface area (TPSA) is 67.3 Å². The highest BCUT2D eigenvalue weighted by atomic mass is 32.1. The molecular weight excluding hydrogens is 360 g/mol. The Kier molecular flexibility index (Phi) is 5.93. The standard InChI is InChI=1S/C20H20N4O2S/c1-3-24(4-2)20(27)26-16-8-5-14(6-9-16)19(25)23-15-7-10-17-18(13-15)22-12-11-21-17/h5-13H,3-4H2,1-2H3,(H,23,25). The molecule has 1 heterocycles. The number of fused-ring (bicyclic) bond motifs is 1. The minimum absolute atomic E-state index is 0.212. The predicted octanol–water partition coefficient (Wildman–Crippen LogP) is 3.89. The Bertz CT molecular complexity index is 956. The van der Waals surface area contributed by atoms with E-state index >= 15 is 0 Å². The van der Waals surface area contributed by atoms with Crippen molar-refractivity contribution in [2.24, 2.45) is 0 Å². The van der Waals surface area contributed by atoms with Gasteiger partial charge in [-0.3, -0.25) is 14.8 Å². The number of nitrogens with zero attached hydrogens (tertiary/aromatic N) is 3. The molecule has 0 atom stereocenters. The van der Waals surface area contributed by atoms with Crippen molar-refractivity contribution in [3.63, 3.8) is 0 Å². The minimum Gasteiger partial charge on any atom is -0.432 e. The molecule has 0 unspecified atom stereocenters. The van der Waals surface area contributed by atoms with Gasteiger partial charge in [-0.15, -0.1) is 0 Å². The highest BCUT2D eigenvalue weighted by Crippen LogP contribution is 2.18. The van der Waals surface area contributed by atoms with Crippen molar-refractivity contribution in [1.82, 2.24) is 14.9 Å². The van der Waals surface area contributed by atoms with Gasteiger partial charge in [0.25, 0.3) is 11.1 Å². The van der Waals surface area contributed by atoms with Gasteiger partial charge in [-0.1, -0.05) is 0 Å². The largest absolute Gasteiger partial charge is 0.432 e. The van der Waals surface area contributed by atoms with E-state index in [1.54, 1.807) is 48.8 Å². The van der Waals surface area contributed by atoms with E-state index in [2.05, 4.69) is 15.3 Å². The lowest BCUT2D eigenvalue weighted by Gasteiger charge is -2.21. The summed E-state index contributed by atoms with van der Waals surface area (Å²) in [6, 6.07) is 12.3. The molecule has 0 radical (unpaired) electrons. The highest BCUT2D eigenvalue weighted by molar-refractivity contribution is 7.80. The van der Waals surface area contributed by atoms with Crippen molar-refractivity contribution in [3.8, 4) is 5.75 Å². The van der Waals surface area contributed by atoms with E-state index < -0.39 is 0 Å². The summed E-state index contributed by atoms with van der Waals surface area (Å²) in [5, 5.41) is 3.29. The Morgan fingerprint density at radius 2 is 1.70 bits per heavy atom. The van der Waals surface area contributed by atoms with E-state index in [9.17, 15) is 4.79 Å². The molecule has 2 aromatic carbocycles. The molecule has 27 heavy (non-hydrogen) atoms. The lowest BCUT2D eigenvalue weighted by Crippen LogP contribution is -2.32. The first-order chi connectivity index (χ1) is 13.1. The second-order valence-electron chi connectivity index (χ2n) is 5.78. The third kappa shape index (κ3) is 4.57. The predicted molar refractivity (Wildman–Crippen MR) is 110 cm³/mol. The average Bonchev–Trinajstić information content (AvgIpc) is 2.69. The summed E-state index contributed by atoms with van der Waals surface area (Å²) in [7, 11) is 0. The first-order valence-electron chi connectivity index (χ1n) is 8.69. The first kappa shape index (κ1) is 18.7. The minimum atomic E-state index is -0.212. The number of carbonyl (C=O) groups excluding carboxylic acids is 1. The molecule has 0 saturated heterocycles. The van der Waals surface area contributed by atoms with E-state index in [0.29, 0.717) is 22.2 Å². The Labute approximate surface area is 163 Å². The number of thiocarbonyl (C=S) groups is 1. The number of amides is 1. The summed E-state index contributed by atoms with van der Waals surface area (Å²) < 4.78 is 5.67. The van der Waals surface area contributed by atoms with Crippen LogP contribution in [-0.4, -0.2) is 39.0 Å². The van der Waals surface area contributed by atoms with Gasteiger partial charge in [0, 0.05) is 36.7 Å². The van der Waals surface area contributed by atoms with Gasteiger partial charge >= 0.3 is 0 Å². The monoisotopic (exact) mass is 380 g/mol. The maximum Gasteiger partial charge on any atom is 0.264 e. The number of carbonyl (C=O) groups is 1. The number of hydrogen-bond acceptors (Lipinski definition) is 5. The molecule has 1 amide bonds. The van der Waals surface area contributed by atoms with Crippen molar-refractivity contribution in [2.75, 3.05) is 18.4 Å². The zero-order chi connectivity index (χ0) is 19.2. The van der Waals surface area contributed by atoms with Crippen LogP contribution in [-0.2, 0) is 0 Å². The van der Waals surface area contributed by atoms with E-state index in [4.69, 9.17) is 17.0 Å². The molecule has 0 aliphatic carbocycles. The van der Waals surface area contributed by atoms with Gasteiger partial charge in [-0.2, -0.15) is 0 Å². The van der Waals surface area contributed by atoms with Crippen molar-refractivity contribution < 1.29 is 9.53 Å². The number of benzene rings is 2. The molecular formula is C20H20N4O2S. The third-order valence-electron chi connectivity index (χ3n) is 4.07. The number of anilines is 1. The summed E-state index contributed by atoms with van der Waals surface area (Å²) >= 11 is 5.28. The van der Waals surface area contributed by atoms with Crippen LogP contribution in [0.5, 0.6) is 5.75 Å². The van der Waals surface area contributed by atoms with Gasteiger partial charge in [-0.05, 0) is 68.5 Å². The summed E-state index contributed by atoms with van der Waals surface area (Å²) in [5.41, 5.74) is 2.69. The molecule has 1 N–H and O–H groups in total. The van der Waals surface area contributed by atoms with Crippen LogP contribution in [0.25, 0.3) is 11.0 Å². The van der Waals surface area contributed by atoms with Gasteiger partial charge in [-0.25, -0.2) is 0 Å². The summed E-state index contributed by atoms with van der Waals surface area (Å²) in [5.74, 6) is 0.389. The van der Waals surface area contributed by atoms with E-state index in [1.165, 1.54) is 0 Å². The van der Waals surface area contributed by atoms with Gasteiger partial charge in [0.15, 0.2) is 0 Å². The molecule has 0 fully saturated rings. The van der Waals surface area contributed by atoms with Gasteiger partial charge < -0.3 is 15.0 Å². The first-order valence-corrected chi connectivity index (χ1v) is 9.10. The number of rotatable bonds is 5. The molecule has 1 aromatic heterocycles. The van der Waals surface area contributed by atoms with Crippen molar-refractivity contribution in [3.05, 3.63) is 60.4 Å². The average molecular weight is 380 g/mol. The Hall–Kier alpha value is -3.06. The molecule has 6 nitrogen and oxygen atoms in total. The van der Waals surface area contributed by atoms with Crippen LogP contribution in [0.3, 0.4) is 0 Å². The fourth-order valence-corrected chi connectivity index (χ4v) is 2.92. The van der Waals surface area contributed by atoms with Crippen molar-refractivity contribution >= 4 is 40.0 Å². The number of nitrogens with one attached hydrogen (secondary N) is 1. The van der Waals surface area contributed by atoms with Crippen LogP contribution in [0.4, 0.5) is 5.69 Å². The number of ether oxygens (including phenoxy) is 1. The van der Waals surface area contributed by atoms with Crippen molar-refractivity contribution in [1.29, 1.82) is 0 Å². The maximum absolute atomic E-state index is 12.5. The van der Waals surface area contributed by atoms with E-state index in [0.717, 1.165) is 24.1 Å². The van der Waals surface area contributed by atoms with Crippen LogP contribution in [0.2, 0.25) is 0 Å². The second kappa shape index (κ2) is 8.55. The molecule has 7 heteroatoms. The third-order valence-corrected chi connectivity index (χ3v) is 4.41. The van der Waals surface area contributed by atoms with Crippen LogP contribution < -0.4 is 10.1 Å². The second-order valence-corrected chi connectivity index (χ2v) is 6.13. The number of aromatic nitrogens is 2. The van der Waals surface area contributed by atoms with E-state index in [1.807, 2.05) is 24.8 Å². The van der Waals surface area contributed by atoms with Gasteiger partial charge in [0.1, 0.15) is 5.75 Å². The fourth-order valence-electron chi connectivity index (χ4n) is 2.57. The van der Waals surface area contributed by atoms with Crippen LogP contribution in [0.15, 0.2) is 54.9 Å². The lowest BCUT2D eigenvalue weighted by atomic mass is 10.2. The zero-order valence-corrected chi connectivity index (χ0v) is 16.0. The zero-order valence-electron chi connectivity index (χ0n) is 15.2. The lowest BCUT2D eigenvalue weighted by molar-refractivity contribution is 0.102. The Morgan fingerprint density at radius 3 is 2.37 bits per heavy atom. The van der Waals surface area contributed by atoms with Crippen molar-refractivity contribution in [2.45, 2.75) is 13.8 Å². The van der Waals surface area contributed by atoms with E-state index in [-0.39, 0.29) is 5.91 Å². The summed E-state index contributed by atoms with van der Waals surface area (Å²) in [6.45, 7) is 5.61. The summed E-state index contributed by atoms with van der Waals surface area (Å²) in [4.78, 5) is 22.9. The Balaban J connectivity index is 1.67. The molecule has 0 aliphatic heterocycles. The highest BCUT2D eigenvalue weighted by Gasteiger charge is 2.10. The maximum atomic E-state index is 12.5. The van der Waals surface area contributed by atoms with Crippen LogP contribution >= 0.6 is 12.2 Å². The molecule has 3 aromatic rings. The van der Waals surface area contributed by atoms with Gasteiger partial charge in [0.2, 0.25) is 0 Å². The molecule has 3 rings (SSSR count). The SMILES string of the molecule is CCN(CC)C(=S)Oc1ccc(C(=O)Nc2ccc3nccnc3c2)cc1. The number of hydrogen-bond donors (Lipinski definition) is 1.